The fourth-order valence-corrected chi connectivity index (χ4v) is 3.75. The summed E-state index contributed by atoms with van der Waals surface area (Å²) in [6.07, 6.45) is 0. The van der Waals surface area contributed by atoms with E-state index in [2.05, 4.69) is 26.6 Å². The topological polar surface area (TPSA) is 41.1 Å². The van der Waals surface area contributed by atoms with E-state index >= 15 is 0 Å². The van der Waals surface area contributed by atoms with Gasteiger partial charge in [-0.25, -0.2) is 4.39 Å². The van der Waals surface area contributed by atoms with Crippen LogP contribution in [0.5, 0.6) is 0 Å². The van der Waals surface area contributed by atoms with Gasteiger partial charge in [-0.05, 0) is 42.1 Å². The van der Waals surface area contributed by atoms with Gasteiger partial charge in [0.1, 0.15) is 5.82 Å². The molecule has 1 aromatic heterocycles. The van der Waals surface area contributed by atoms with Crippen LogP contribution in [-0.2, 0) is 4.79 Å². The molecular formula is C20H18BrFN2OS. The maximum absolute atomic E-state index is 14.0. The smallest absolute Gasteiger partial charge is 0.241 e. The van der Waals surface area contributed by atoms with E-state index in [9.17, 15) is 9.18 Å². The lowest BCUT2D eigenvalue weighted by Crippen LogP contribution is -2.40. The van der Waals surface area contributed by atoms with Gasteiger partial charge in [-0.15, -0.1) is 11.3 Å². The van der Waals surface area contributed by atoms with Crippen molar-refractivity contribution in [1.82, 2.24) is 5.32 Å². The molecule has 0 saturated heterocycles. The summed E-state index contributed by atoms with van der Waals surface area (Å²) >= 11 is 4.84. The molecule has 0 unspecified atom stereocenters. The maximum atomic E-state index is 14.0. The first-order valence-corrected chi connectivity index (χ1v) is 9.82. The Hall–Kier alpha value is -2.02. The van der Waals surface area contributed by atoms with Crippen LogP contribution >= 0.6 is 27.3 Å². The molecule has 6 heteroatoms. The van der Waals surface area contributed by atoms with Crippen molar-refractivity contribution in [3.8, 4) is 0 Å². The molecule has 2 aromatic carbocycles. The van der Waals surface area contributed by atoms with Crippen LogP contribution in [0.3, 0.4) is 0 Å². The summed E-state index contributed by atoms with van der Waals surface area (Å²) in [6.45, 7) is 1.77. The second-order valence-corrected chi connectivity index (χ2v) is 7.76. The van der Waals surface area contributed by atoms with E-state index in [-0.39, 0.29) is 17.6 Å². The van der Waals surface area contributed by atoms with Gasteiger partial charge < -0.3 is 5.32 Å². The van der Waals surface area contributed by atoms with Gasteiger partial charge in [0, 0.05) is 9.35 Å². The van der Waals surface area contributed by atoms with Crippen molar-refractivity contribution >= 4 is 38.9 Å². The lowest BCUT2D eigenvalue weighted by atomic mass is 10.0. The van der Waals surface area contributed by atoms with E-state index in [1.807, 2.05) is 47.8 Å². The first-order valence-electron chi connectivity index (χ1n) is 8.15. The van der Waals surface area contributed by atoms with Crippen LogP contribution in [-0.4, -0.2) is 11.9 Å². The van der Waals surface area contributed by atoms with Crippen molar-refractivity contribution in [2.45, 2.75) is 19.0 Å². The average Bonchev–Trinajstić information content (AvgIpc) is 3.17. The molecule has 0 radical (unpaired) electrons. The van der Waals surface area contributed by atoms with Crippen LogP contribution < -0.4 is 10.6 Å². The summed E-state index contributed by atoms with van der Waals surface area (Å²) in [6, 6.07) is 17.9. The van der Waals surface area contributed by atoms with Gasteiger partial charge in [0.2, 0.25) is 5.91 Å². The molecule has 2 N–H and O–H groups in total. The fourth-order valence-electron chi connectivity index (χ4n) is 2.60. The summed E-state index contributed by atoms with van der Waals surface area (Å²) < 4.78 is 14.6. The third kappa shape index (κ3) is 4.58. The molecule has 0 saturated carbocycles. The first kappa shape index (κ1) is 18.8. The molecule has 0 aliphatic carbocycles. The number of carbonyl (C=O) groups is 1. The Morgan fingerprint density at radius 2 is 1.88 bits per heavy atom. The van der Waals surface area contributed by atoms with E-state index < -0.39 is 11.9 Å². The van der Waals surface area contributed by atoms with Crippen LogP contribution in [0.4, 0.5) is 10.1 Å². The minimum atomic E-state index is -0.509. The number of benzene rings is 2. The van der Waals surface area contributed by atoms with Crippen molar-refractivity contribution in [3.05, 3.63) is 86.8 Å². The minimum Gasteiger partial charge on any atom is -0.322 e. The van der Waals surface area contributed by atoms with Crippen molar-refractivity contribution < 1.29 is 9.18 Å². The molecule has 0 aliphatic rings. The molecular weight excluding hydrogens is 415 g/mol. The third-order valence-corrected chi connectivity index (χ3v) is 5.39. The first-order chi connectivity index (χ1) is 12.5. The van der Waals surface area contributed by atoms with Crippen molar-refractivity contribution in [2.24, 2.45) is 0 Å². The number of amides is 1. The number of hydrogen-bond donors (Lipinski definition) is 2. The normalized spacial score (nSPS) is 13.2. The van der Waals surface area contributed by atoms with E-state index in [4.69, 9.17) is 0 Å². The van der Waals surface area contributed by atoms with Gasteiger partial charge in [0.05, 0.1) is 17.8 Å². The molecule has 0 fully saturated rings. The molecule has 0 bridgehead atoms. The number of thiophene rings is 1. The third-order valence-electron chi connectivity index (χ3n) is 3.96. The Bertz CT molecular complexity index is 871. The monoisotopic (exact) mass is 432 g/mol. The zero-order chi connectivity index (χ0) is 18.5. The van der Waals surface area contributed by atoms with Gasteiger partial charge in [-0.3, -0.25) is 10.1 Å². The Morgan fingerprint density at radius 3 is 2.54 bits per heavy atom. The SMILES string of the molecule is C[C@@H](N[C@H](c1ccccc1)c1cccs1)C(=O)Nc1ccc(Br)cc1F. The highest BCUT2D eigenvalue weighted by molar-refractivity contribution is 9.10. The van der Waals surface area contributed by atoms with E-state index in [1.165, 1.54) is 12.1 Å². The molecule has 1 heterocycles. The van der Waals surface area contributed by atoms with Crippen molar-refractivity contribution in [3.63, 3.8) is 0 Å². The summed E-state index contributed by atoms with van der Waals surface area (Å²) in [5.74, 6) is -0.762. The molecule has 2 atom stereocenters. The van der Waals surface area contributed by atoms with E-state index in [0.29, 0.717) is 4.47 Å². The highest BCUT2D eigenvalue weighted by Crippen LogP contribution is 2.26. The number of hydrogen-bond acceptors (Lipinski definition) is 3. The summed E-state index contributed by atoms with van der Waals surface area (Å²) in [5.41, 5.74) is 1.24. The summed E-state index contributed by atoms with van der Waals surface area (Å²) in [5, 5.41) is 8.01. The van der Waals surface area contributed by atoms with Crippen molar-refractivity contribution in [1.29, 1.82) is 0 Å². The summed E-state index contributed by atoms with van der Waals surface area (Å²) in [4.78, 5) is 13.7. The Kier molecular flexibility index (Phi) is 6.19. The molecule has 1 amide bonds. The van der Waals surface area contributed by atoms with Gasteiger partial charge >= 0.3 is 0 Å². The van der Waals surface area contributed by atoms with Gasteiger partial charge in [-0.1, -0.05) is 52.3 Å². The minimum absolute atomic E-state index is 0.105. The second kappa shape index (κ2) is 8.58. The molecule has 134 valence electrons. The second-order valence-electron chi connectivity index (χ2n) is 5.86. The quantitative estimate of drug-likeness (QED) is 0.550. The number of rotatable bonds is 6. The summed E-state index contributed by atoms with van der Waals surface area (Å²) in [7, 11) is 0. The predicted molar refractivity (Wildman–Crippen MR) is 108 cm³/mol. The number of nitrogens with one attached hydrogen (secondary N) is 2. The van der Waals surface area contributed by atoms with E-state index in [0.717, 1.165) is 10.4 Å². The lowest BCUT2D eigenvalue weighted by Gasteiger charge is -2.23. The van der Waals surface area contributed by atoms with Crippen LogP contribution in [0.1, 0.15) is 23.4 Å². The van der Waals surface area contributed by atoms with Crippen LogP contribution in [0.25, 0.3) is 0 Å². The van der Waals surface area contributed by atoms with E-state index in [1.54, 1.807) is 24.3 Å². The molecule has 3 rings (SSSR count). The Labute approximate surface area is 164 Å². The van der Waals surface area contributed by atoms with Gasteiger partial charge in [0.15, 0.2) is 0 Å². The number of anilines is 1. The zero-order valence-electron chi connectivity index (χ0n) is 14.1. The maximum Gasteiger partial charge on any atom is 0.241 e. The lowest BCUT2D eigenvalue weighted by molar-refractivity contribution is -0.117. The fraction of sp³-hybridized carbons (Fsp3) is 0.150. The molecule has 0 aliphatic heterocycles. The van der Waals surface area contributed by atoms with Crippen LogP contribution in [0.15, 0.2) is 70.5 Å². The number of carbonyl (C=O) groups excluding carboxylic acids is 1. The molecule has 3 nitrogen and oxygen atoms in total. The molecule has 0 spiro atoms. The zero-order valence-corrected chi connectivity index (χ0v) is 16.5. The predicted octanol–water partition coefficient (Wildman–Crippen LogP) is 5.36. The average molecular weight is 433 g/mol. The molecule has 3 aromatic rings. The molecule has 26 heavy (non-hydrogen) atoms. The number of halogens is 2. The van der Waals surface area contributed by atoms with Crippen LogP contribution in [0, 0.1) is 5.82 Å². The van der Waals surface area contributed by atoms with Crippen molar-refractivity contribution in [2.75, 3.05) is 5.32 Å². The van der Waals surface area contributed by atoms with Gasteiger partial charge in [-0.2, -0.15) is 0 Å². The largest absolute Gasteiger partial charge is 0.322 e. The Morgan fingerprint density at radius 1 is 1.12 bits per heavy atom. The Balaban J connectivity index is 1.75. The highest BCUT2D eigenvalue weighted by atomic mass is 79.9. The van der Waals surface area contributed by atoms with Gasteiger partial charge in [0.25, 0.3) is 0 Å². The highest BCUT2D eigenvalue weighted by Gasteiger charge is 2.22. The van der Waals surface area contributed by atoms with Crippen LogP contribution in [0.2, 0.25) is 0 Å². The standard InChI is InChI=1S/C20H18BrFN2OS/c1-13(20(25)24-17-10-9-15(21)12-16(17)22)23-19(18-8-5-11-26-18)14-6-3-2-4-7-14/h2-13,19,23H,1H3,(H,24,25)/t13-,19-/m1/s1.